The number of nitrogens with one attached hydrogen (secondary N) is 2. The van der Waals surface area contributed by atoms with Gasteiger partial charge in [0.25, 0.3) is 0 Å². The molecule has 0 aromatic rings. The SMILES string of the molecule is CC(C)(C)OC(=O)NC1CCC(OCCCNC2CC2)CC1. The summed E-state index contributed by atoms with van der Waals surface area (Å²) in [6.07, 6.45) is 7.83. The molecule has 0 bridgehead atoms. The summed E-state index contributed by atoms with van der Waals surface area (Å²) in [5.74, 6) is 0. The number of alkyl carbamates (subject to hydrolysis) is 1. The number of hydrogen-bond acceptors (Lipinski definition) is 4. The van der Waals surface area contributed by atoms with Crippen LogP contribution in [0.5, 0.6) is 0 Å². The molecule has 0 aromatic carbocycles. The maximum absolute atomic E-state index is 11.7. The summed E-state index contributed by atoms with van der Waals surface area (Å²) in [5, 5.41) is 6.47. The van der Waals surface area contributed by atoms with Crippen molar-refractivity contribution in [2.45, 2.75) is 89.5 Å². The molecular weight excluding hydrogens is 280 g/mol. The third-order valence-electron chi connectivity index (χ3n) is 4.08. The highest BCUT2D eigenvalue weighted by Gasteiger charge is 2.25. The molecule has 0 aromatic heterocycles. The van der Waals surface area contributed by atoms with E-state index in [0.29, 0.717) is 6.10 Å². The van der Waals surface area contributed by atoms with Crippen molar-refractivity contribution < 1.29 is 14.3 Å². The molecule has 0 atom stereocenters. The lowest BCUT2D eigenvalue weighted by molar-refractivity contribution is 0.0170. The molecule has 1 amide bonds. The van der Waals surface area contributed by atoms with Crippen molar-refractivity contribution >= 4 is 6.09 Å². The van der Waals surface area contributed by atoms with Crippen molar-refractivity contribution in [2.75, 3.05) is 13.2 Å². The standard InChI is InChI=1S/C17H32N2O3/c1-17(2,3)22-16(20)19-14-7-9-15(10-8-14)21-12-4-11-18-13-5-6-13/h13-15,18H,4-12H2,1-3H3,(H,19,20). The molecule has 2 rings (SSSR count). The van der Waals surface area contributed by atoms with Gasteiger partial charge in [-0.3, -0.25) is 0 Å². The van der Waals surface area contributed by atoms with Crippen molar-refractivity contribution in [3.8, 4) is 0 Å². The maximum Gasteiger partial charge on any atom is 0.407 e. The summed E-state index contributed by atoms with van der Waals surface area (Å²) < 4.78 is 11.2. The zero-order valence-corrected chi connectivity index (χ0v) is 14.3. The van der Waals surface area contributed by atoms with Crippen LogP contribution in [0.4, 0.5) is 4.79 Å². The zero-order valence-electron chi connectivity index (χ0n) is 14.3. The van der Waals surface area contributed by atoms with E-state index < -0.39 is 5.60 Å². The average Bonchev–Trinajstić information content (AvgIpc) is 3.22. The fraction of sp³-hybridized carbons (Fsp3) is 0.941. The molecule has 2 fully saturated rings. The molecule has 0 radical (unpaired) electrons. The van der Waals surface area contributed by atoms with Gasteiger partial charge in [-0.05, 0) is 72.3 Å². The molecule has 5 heteroatoms. The van der Waals surface area contributed by atoms with Gasteiger partial charge in [-0.15, -0.1) is 0 Å². The Morgan fingerprint density at radius 3 is 2.27 bits per heavy atom. The third kappa shape index (κ3) is 7.45. The zero-order chi connectivity index (χ0) is 16.0. The van der Waals surface area contributed by atoms with E-state index in [9.17, 15) is 4.79 Å². The van der Waals surface area contributed by atoms with Crippen LogP contribution in [0.3, 0.4) is 0 Å². The van der Waals surface area contributed by atoms with Gasteiger partial charge >= 0.3 is 6.09 Å². The second-order valence-corrected chi connectivity index (χ2v) is 7.57. The van der Waals surface area contributed by atoms with Gasteiger partial charge in [0.2, 0.25) is 0 Å². The summed E-state index contributed by atoms with van der Waals surface area (Å²) >= 11 is 0. The van der Waals surface area contributed by atoms with Crippen LogP contribution in [-0.4, -0.2) is 43.0 Å². The van der Waals surface area contributed by atoms with E-state index in [-0.39, 0.29) is 12.1 Å². The summed E-state index contributed by atoms with van der Waals surface area (Å²) in [7, 11) is 0. The van der Waals surface area contributed by atoms with Crippen LogP contribution in [0.2, 0.25) is 0 Å². The molecule has 128 valence electrons. The van der Waals surface area contributed by atoms with Crippen LogP contribution in [0.15, 0.2) is 0 Å². The molecule has 0 heterocycles. The van der Waals surface area contributed by atoms with Gasteiger partial charge in [0.05, 0.1) is 6.10 Å². The Labute approximate surface area is 134 Å². The Bertz CT molecular complexity index is 342. The van der Waals surface area contributed by atoms with Crippen LogP contribution in [0, 0.1) is 0 Å². The number of amides is 1. The first kappa shape index (κ1) is 17.5. The monoisotopic (exact) mass is 312 g/mol. The van der Waals surface area contributed by atoms with Crippen molar-refractivity contribution in [1.29, 1.82) is 0 Å². The number of ether oxygens (including phenoxy) is 2. The van der Waals surface area contributed by atoms with Gasteiger partial charge in [-0.2, -0.15) is 0 Å². The molecule has 22 heavy (non-hydrogen) atoms. The van der Waals surface area contributed by atoms with Crippen LogP contribution < -0.4 is 10.6 Å². The van der Waals surface area contributed by atoms with E-state index in [1.54, 1.807) is 0 Å². The maximum atomic E-state index is 11.7. The molecule has 0 spiro atoms. The van der Waals surface area contributed by atoms with Gasteiger partial charge in [-0.1, -0.05) is 0 Å². The van der Waals surface area contributed by atoms with Crippen molar-refractivity contribution in [3.05, 3.63) is 0 Å². The van der Waals surface area contributed by atoms with Gasteiger partial charge < -0.3 is 20.1 Å². The average molecular weight is 312 g/mol. The molecule has 2 N–H and O–H groups in total. The molecule has 2 saturated carbocycles. The van der Waals surface area contributed by atoms with Gasteiger partial charge in [0, 0.05) is 18.7 Å². The van der Waals surface area contributed by atoms with Crippen LogP contribution in [0.1, 0.15) is 65.7 Å². The van der Waals surface area contributed by atoms with E-state index >= 15 is 0 Å². The second kappa shape index (κ2) is 8.16. The molecular formula is C17H32N2O3. The van der Waals surface area contributed by atoms with E-state index in [0.717, 1.165) is 51.3 Å². The van der Waals surface area contributed by atoms with Crippen molar-refractivity contribution in [3.63, 3.8) is 0 Å². The summed E-state index contributed by atoms with van der Waals surface area (Å²) in [4.78, 5) is 11.7. The topological polar surface area (TPSA) is 59.6 Å². The molecule has 0 unspecified atom stereocenters. The molecule has 2 aliphatic carbocycles. The predicted octanol–water partition coefficient (Wildman–Crippen LogP) is 2.98. The Hall–Kier alpha value is -0.810. The molecule has 2 aliphatic rings. The highest BCUT2D eigenvalue weighted by Crippen LogP contribution is 2.22. The molecule has 0 saturated heterocycles. The lowest BCUT2D eigenvalue weighted by Crippen LogP contribution is -2.41. The third-order valence-corrected chi connectivity index (χ3v) is 4.08. The van der Waals surface area contributed by atoms with Crippen LogP contribution in [0.25, 0.3) is 0 Å². The smallest absolute Gasteiger partial charge is 0.407 e. The van der Waals surface area contributed by atoms with Gasteiger partial charge in [-0.25, -0.2) is 4.79 Å². The fourth-order valence-electron chi connectivity index (χ4n) is 2.76. The number of rotatable bonds is 7. The van der Waals surface area contributed by atoms with Gasteiger partial charge in [0.1, 0.15) is 5.60 Å². The minimum Gasteiger partial charge on any atom is -0.444 e. The van der Waals surface area contributed by atoms with Crippen LogP contribution in [-0.2, 0) is 9.47 Å². The first-order valence-electron chi connectivity index (χ1n) is 8.77. The summed E-state index contributed by atoms with van der Waals surface area (Å²) in [6.45, 7) is 7.56. The highest BCUT2D eigenvalue weighted by molar-refractivity contribution is 5.68. The van der Waals surface area contributed by atoms with E-state index in [1.807, 2.05) is 20.8 Å². The minimum atomic E-state index is -0.432. The summed E-state index contributed by atoms with van der Waals surface area (Å²) in [5.41, 5.74) is -0.432. The fourth-order valence-corrected chi connectivity index (χ4v) is 2.76. The van der Waals surface area contributed by atoms with E-state index in [1.165, 1.54) is 12.8 Å². The van der Waals surface area contributed by atoms with Gasteiger partial charge in [0.15, 0.2) is 0 Å². The van der Waals surface area contributed by atoms with E-state index in [2.05, 4.69) is 10.6 Å². The molecule has 5 nitrogen and oxygen atoms in total. The Balaban J connectivity index is 1.50. The first-order valence-corrected chi connectivity index (χ1v) is 8.77. The van der Waals surface area contributed by atoms with Crippen molar-refractivity contribution in [1.82, 2.24) is 10.6 Å². The molecule has 0 aliphatic heterocycles. The Morgan fingerprint density at radius 1 is 1.05 bits per heavy atom. The second-order valence-electron chi connectivity index (χ2n) is 7.57. The Morgan fingerprint density at radius 2 is 1.68 bits per heavy atom. The normalized spacial score (nSPS) is 25.8. The lowest BCUT2D eigenvalue weighted by Gasteiger charge is -2.30. The predicted molar refractivity (Wildman–Crippen MR) is 87.0 cm³/mol. The number of carbonyl (C=O) groups is 1. The number of carbonyl (C=O) groups excluding carboxylic acids is 1. The first-order chi connectivity index (χ1) is 10.4. The number of hydrogen-bond donors (Lipinski definition) is 2. The minimum absolute atomic E-state index is 0.228. The highest BCUT2D eigenvalue weighted by atomic mass is 16.6. The summed E-state index contributed by atoms with van der Waals surface area (Å²) in [6, 6.07) is 1.01. The quantitative estimate of drug-likeness (QED) is 0.710. The van der Waals surface area contributed by atoms with Crippen LogP contribution >= 0.6 is 0 Å². The van der Waals surface area contributed by atoms with E-state index in [4.69, 9.17) is 9.47 Å². The van der Waals surface area contributed by atoms with Crippen molar-refractivity contribution in [2.24, 2.45) is 0 Å². The largest absolute Gasteiger partial charge is 0.444 e. The Kier molecular flexibility index (Phi) is 6.50. The lowest BCUT2D eigenvalue weighted by atomic mass is 9.93.